The van der Waals surface area contributed by atoms with Gasteiger partial charge in [0.1, 0.15) is 18.0 Å². The van der Waals surface area contributed by atoms with Gasteiger partial charge in [0.05, 0.1) is 6.04 Å². The van der Waals surface area contributed by atoms with E-state index in [0.29, 0.717) is 12.1 Å². The second-order valence-electron chi connectivity index (χ2n) is 6.90. The molecule has 0 spiro atoms. The number of aromatic nitrogens is 2. The van der Waals surface area contributed by atoms with E-state index in [1.165, 1.54) is 0 Å². The average Bonchev–Trinajstić information content (AvgIpc) is 3.32. The normalized spacial score (nSPS) is 25.0. The molecule has 1 heterocycles. The third-order valence-electron chi connectivity index (χ3n) is 5.38. The number of aliphatic hydroxyl groups excluding tert-OH is 1. The van der Waals surface area contributed by atoms with E-state index in [-0.39, 0.29) is 18.1 Å². The van der Waals surface area contributed by atoms with Crippen LogP contribution >= 0.6 is 0 Å². The van der Waals surface area contributed by atoms with Crippen LogP contribution in [0.4, 0.5) is 0 Å². The number of rotatable bonds is 4. The van der Waals surface area contributed by atoms with Crippen LogP contribution in [0.5, 0.6) is 5.75 Å². The second kappa shape index (κ2) is 6.52. The van der Waals surface area contributed by atoms with Gasteiger partial charge >= 0.3 is 0 Å². The average molecular weight is 341 g/mol. The third-order valence-corrected chi connectivity index (χ3v) is 5.38. The summed E-state index contributed by atoms with van der Waals surface area (Å²) in [5.41, 5.74) is 2.63. The minimum Gasteiger partial charge on any atom is -0.488 e. The molecule has 0 radical (unpaired) electrons. The Kier molecular flexibility index (Phi) is 4.21. The largest absolute Gasteiger partial charge is 0.488 e. The lowest BCUT2D eigenvalue weighted by molar-refractivity contribution is 0.0164. The zero-order chi connectivity index (χ0) is 17.4. The van der Waals surface area contributed by atoms with Crippen LogP contribution in [0.2, 0.25) is 0 Å². The number of H-pyrrole nitrogens is 1. The molecule has 0 unspecified atom stereocenters. The van der Waals surface area contributed by atoms with Crippen LogP contribution in [0.15, 0.2) is 30.3 Å². The Morgan fingerprint density at radius 3 is 2.88 bits per heavy atom. The number of aromatic amines is 1. The summed E-state index contributed by atoms with van der Waals surface area (Å²) in [6, 6.07) is 9.23. The molecule has 1 saturated carbocycles. The lowest BCUT2D eigenvalue weighted by atomic mass is 10.1. The number of fused-ring (bicyclic) bond motifs is 1. The molecule has 2 N–H and O–H groups in total. The van der Waals surface area contributed by atoms with Gasteiger partial charge in [-0.15, -0.1) is 0 Å². The fourth-order valence-electron chi connectivity index (χ4n) is 3.96. The van der Waals surface area contributed by atoms with Crippen LogP contribution in [0.3, 0.4) is 0 Å². The van der Waals surface area contributed by atoms with Gasteiger partial charge in [-0.05, 0) is 44.2 Å². The minimum absolute atomic E-state index is 0.121. The van der Waals surface area contributed by atoms with Crippen LogP contribution in [-0.4, -0.2) is 51.4 Å². The Bertz CT molecular complexity index is 759. The van der Waals surface area contributed by atoms with Gasteiger partial charge in [-0.3, -0.25) is 9.89 Å². The van der Waals surface area contributed by atoms with E-state index in [1.807, 2.05) is 30.3 Å². The van der Waals surface area contributed by atoms with Gasteiger partial charge in [-0.25, -0.2) is 0 Å². The van der Waals surface area contributed by atoms with Crippen molar-refractivity contribution in [1.82, 2.24) is 15.1 Å². The second-order valence-corrected chi connectivity index (χ2v) is 6.90. The molecular formula is C19H23N3O3. The van der Waals surface area contributed by atoms with Crippen molar-refractivity contribution in [3.05, 3.63) is 47.3 Å². The standard InChI is InChI=1S/C19H23N3O3/c1-22(19(24)17-13-8-5-9-14(13)20-21-17)15-10-11-16(18(15)23)25-12-6-3-2-4-7-12/h2-4,6-7,15-16,18,23H,5,8-11H2,1H3,(H,20,21)/t15-,16-,18-/m1/s1. The minimum atomic E-state index is -0.707. The SMILES string of the molecule is CN(C(=O)c1n[nH]c2c1CCC2)[C@@H]1CC[C@@H](Oc2ccccc2)[C@@H]1O. The molecule has 3 atom stereocenters. The highest BCUT2D eigenvalue weighted by atomic mass is 16.5. The number of nitrogens with zero attached hydrogens (tertiary/aromatic N) is 2. The van der Waals surface area contributed by atoms with Crippen molar-refractivity contribution in [3.8, 4) is 5.75 Å². The maximum Gasteiger partial charge on any atom is 0.274 e. The first-order valence-electron chi connectivity index (χ1n) is 8.88. The number of likely N-dealkylation sites (N-methyl/N-ethyl adjacent to an activating group) is 1. The summed E-state index contributed by atoms with van der Waals surface area (Å²) in [6.07, 6.45) is 3.34. The maximum atomic E-state index is 12.9. The Balaban J connectivity index is 1.45. The van der Waals surface area contributed by atoms with Gasteiger partial charge in [0, 0.05) is 18.3 Å². The molecule has 4 rings (SSSR count). The van der Waals surface area contributed by atoms with Gasteiger partial charge in [0.25, 0.3) is 5.91 Å². The molecule has 132 valence electrons. The highest BCUT2D eigenvalue weighted by Crippen LogP contribution is 2.30. The number of amides is 1. The van der Waals surface area contributed by atoms with Gasteiger partial charge in [-0.2, -0.15) is 5.10 Å². The summed E-state index contributed by atoms with van der Waals surface area (Å²) in [5, 5.41) is 17.9. The summed E-state index contributed by atoms with van der Waals surface area (Å²) < 4.78 is 5.90. The summed E-state index contributed by atoms with van der Waals surface area (Å²) in [4.78, 5) is 14.5. The predicted octanol–water partition coefficient (Wildman–Crippen LogP) is 1.94. The van der Waals surface area contributed by atoms with E-state index in [9.17, 15) is 9.90 Å². The predicted molar refractivity (Wildman–Crippen MR) is 92.6 cm³/mol. The highest BCUT2D eigenvalue weighted by Gasteiger charge is 2.41. The molecular weight excluding hydrogens is 318 g/mol. The first kappa shape index (κ1) is 16.1. The van der Waals surface area contributed by atoms with Crippen molar-refractivity contribution in [2.75, 3.05) is 7.05 Å². The zero-order valence-electron chi connectivity index (χ0n) is 14.3. The number of benzene rings is 1. The van der Waals surface area contributed by atoms with Crippen LogP contribution < -0.4 is 4.74 Å². The van der Waals surface area contributed by atoms with Crippen molar-refractivity contribution in [2.45, 2.75) is 50.4 Å². The number of nitrogens with one attached hydrogen (secondary N) is 1. The molecule has 0 saturated heterocycles. The molecule has 25 heavy (non-hydrogen) atoms. The summed E-state index contributed by atoms with van der Waals surface area (Å²) in [7, 11) is 1.75. The number of carbonyl (C=O) groups is 1. The van der Waals surface area contributed by atoms with Crippen molar-refractivity contribution < 1.29 is 14.6 Å². The van der Waals surface area contributed by atoms with Crippen molar-refractivity contribution >= 4 is 5.91 Å². The van der Waals surface area contributed by atoms with E-state index in [0.717, 1.165) is 42.7 Å². The molecule has 1 aromatic heterocycles. The van der Waals surface area contributed by atoms with Gasteiger partial charge in [0.2, 0.25) is 0 Å². The van der Waals surface area contributed by atoms with Gasteiger partial charge in [-0.1, -0.05) is 18.2 Å². The van der Waals surface area contributed by atoms with Crippen LogP contribution in [-0.2, 0) is 12.8 Å². The fraction of sp³-hybridized carbons (Fsp3) is 0.474. The number of aliphatic hydroxyl groups is 1. The fourth-order valence-corrected chi connectivity index (χ4v) is 3.96. The topological polar surface area (TPSA) is 78.5 Å². The molecule has 1 fully saturated rings. The number of hydrogen-bond acceptors (Lipinski definition) is 4. The molecule has 0 bridgehead atoms. The summed E-state index contributed by atoms with van der Waals surface area (Å²) in [5.74, 6) is 0.620. The van der Waals surface area contributed by atoms with Crippen LogP contribution in [0, 0.1) is 0 Å². The highest BCUT2D eigenvalue weighted by molar-refractivity contribution is 5.94. The Labute approximate surface area is 146 Å². The molecule has 2 aliphatic carbocycles. The van der Waals surface area contributed by atoms with Crippen molar-refractivity contribution in [3.63, 3.8) is 0 Å². The van der Waals surface area contributed by atoms with Crippen LogP contribution in [0.25, 0.3) is 0 Å². The number of aryl methyl sites for hydroxylation is 1. The quantitative estimate of drug-likeness (QED) is 0.891. The lowest BCUT2D eigenvalue weighted by Crippen LogP contribution is -2.45. The summed E-state index contributed by atoms with van der Waals surface area (Å²) >= 11 is 0. The Hall–Kier alpha value is -2.34. The first-order chi connectivity index (χ1) is 12.1. The zero-order valence-corrected chi connectivity index (χ0v) is 14.3. The Morgan fingerprint density at radius 2 is 2.08 bits per heavy atom. The van der Waals surface area contributed by atoms with E-state index in [1.54, 1.807) is 11.9 Å². The Morgan fingerprint density at radius 1 is 1.28 bits per heavy atom. The molecule has 2 aromatic rings. The van der Waals surface area contributed by atoms with Crippen molar-refractivity contribution in [1.29, 1.82) is 0 Å². The van der Waals surface area contributed by atoms with Crippen LogP contribution in [0.1, 0.15) is 41.0 Å². The molecule has 1 aromatic carbocycles. The molecule has 6 heteroatoms. The maximum absolute atomic E-state index is 12.9. The molecule has 1 amide bonds. The first-order valence-corrected chi connectivity index (χ1v) is 8.88. The lowest BCUT2D eigenvalue weighted by Gasteiger charge is -2.28. The van der Waals surface area contributed by atoms with Gasteiger partial charge in [0.15, 0.2) is 5.69 Å². The van der Waals surface area contributed by atoms with E-state index in [2.05, 4.69) is 10.2 Å². The van der Waals surface area contributed by atoms with E-state index < -0.39 is 6.10 Å². The number of para-hydroxylation sites is 1. The van der Waals surface area contributed by atoms with E-state index in [4.69, 9.17) is 4.74 Å². The molecule has 2 aliphatic rings. The van der Waals surface area contributed by atoms with E-state index >= 15 is 0 Å². The monoisotopic (exact) mass is 341 g/mol. The summed E-state index contributed by atoms with van der Waals surface area (Å²) in [6.45, 7) is 0. The smallest absolute Gasteiger partial charge is 0.274 e. The molecule has 6 nitrogen and oxygen atoms in total. The van der Waals surface area contributed by atoms with Crippen molar-refractivity contribution in [2.24, 2.45) is 0 Å². The number of ether oxygens (including phenoxy) is 1. The molecule has 0 aliphatic heterocycles. The number of carbonyl (C=O) groups excluding carboxylic acids is 1. The third kappa shape index (κ3) is 2.91. The number of hydrogen-bond donors (Lipinski definition) is 2. The van der Waals surface area contributed by atoms with Gasteiger partial charge < -0.3 is 14.7 Å².